The maximum absolute atomic E-state index is 13.3. The number of amides is 1. The first-order chi connectivity index (χ1) is 14.3. The molecule has 5 nitrogen and oxygen atoms in total. The summed E-state index contributed by atoms with van der Waals surface area (Å²) in [6.45, 7) is 7.54. The molecule has 2 aliphatic heterocycles. The summed E-state index contributed by atoms with van der Waals surface area (Å²) in [4.78, 5) is 24.9. The number of hydrogen-bond acceptors (Lipinski definition) is 4. The van der Waals surface area contributed by atoms with Gasteiger partial charge in [0.15, 0.2) is 0 Å². The molecule has 0 unspecified atom stereocenters. The molecule has 160 valence electrons. The fraction of sp³-hybridized carbons (Fsp3) is 0.750. The van der Waals surface area contributed by atoms with Crippen molar-refractivity contribution < 1.29 is 4.79 Å². The molecule has 0 spiro atoms. The molecular formula is C24H38N4O. The molecule has 1 aliphatic carbocycles. The SMILES string of the molecule is O=C(c1cccnc1)N(CCN1CCCCC1)C[C@H]1CCCN(C2CCCC2)C1. The summed E-state index contributed by atoms with van der Waals surface area (Å²) in [6.07, 6.45) is 15.5. The number of piperidine rings is 2. The van der Waals surface area contributed by atoms with Crippen LogP contribution in [0.25, 0.3) is 0 Å². The Kier molecular flexibility index (Phi) is 7.55. The molecule has 1 amide bonds. The molecule has 3 fully saturated rings. The highest BCUT2D eigenvalue weighted by Gasteiger charge is 2.30. The Hall–Kier alpha value is -1.46. The summed E-state index contributed by atoms with van der Waals surface area (Å²) >= 11 is 0. The van der Waals surface area contributed by atoms with E-state index >= 15 is 0 Å². The standard InChI is InChI=1S/C24H38N4O/c29-24(22-9-6-12-25-18-22)28(17-16-26-13-4-1-5-14-26)20-21-8-7-15-27(19-21)23-10-2-3-11-23/h6,9,12,18,21,23H,1-5,7-8,10-11,13-17,19-20H2/t21-/m0/s1. The molecule has 3 heterocycles. The minimum atomic E-state index is 0.160. The second kappa shape index (κ2) is 10.5. The topological polar surface area (TPSA) is 39.7 Å². The maximum Gasteiger partial charge on any atom is 0.255 e. The molecule has 1 aromatic rings. The van der Waals surface area contributed by atoms with Gasteiger partial charge in [-0.25, -0.2) is 0 Å². The van der Waals surface area contributed by atoms with Crippen molar-refractivity contribution in [3.05, 3.63) is 30.1 Å². The van der Waals surface area contributed by atoms with E-state index in [1.165, 1.54) is 84.0 Å². The Morgan fingerprint density at radius 1 is 1.03 bits per heavy atom. The molecule has 1 atom stereocenters. The summed E-state index contributed by atoms with van der Waals surface area (Å²) in [5.74, 6) is 0.763. The summed E-state index contributed by atoms with van der Waals surface area (Å²) in [5.41, 5.74) is 0.731. The second-order valence-corrected chi connectivity index (χ2v) is 9.34. The number of rotatable bonds is 7. The first-order valence-corrected chi connectivity index (χ1v) is 12.0. The number of pyridine rings is 1. The first kappa shape index (κ1) is 20.8. The van der Waals surface area contributed by atoms with Gasteiger partial charge in [0.1, 0.15) is 0 Å². The van der Waals surface area contributed by atoms with Crippen LogP contribution in [-0.2, 0) is 0 Å². The van der Waals surface area contributed by atoms with Crippen molar-refractivity contribution in [3.63, 3.8) is 0 Å². The van der Waals surface area contributed by atoms with Crippen LogP contribution in [0.2, 0.25) is 0 Å². The van der Waals surface area contributed by atoms with Gasteiger partial charge in [-0.3, -0.25) is 9.78 Å². The molecular weight excluding hydrogens is 360 g/mol. The van der Waals surface area contributed by atoms with E-state index in [0.29, 0.717) is 5.92 Å². The number of hydrogen-bond donors (Lipinski definition) is 0. The quantitative estimate of drug-likeness (QED) is 0.703. The predicted molar refractivity (Wildman–Crippen MR) is 117 cm³/mol. The maximum atomic E-state index is 13.3. The average Bonchev–Trinajstić information content (AvgIpc) is 3.33. The molecule has 29 heavy (non-hydrogen) atoms. The van der Waals surface area contributed by atoms with Gasteiger partial charge < -0.3 is 14.7 Å². The van der Waals surface area contributed by atoms with E-state index in [1.807, 2.05) is 12.1 Å². The zero-order valence-corrected chi connectivity index (χ0v) is 18.0. The average molecular weight is 399 g/mol. The molecule has 1 aromatic heterocycles. The van der Waals surface area contributed by atoms with E-state index < -0.39 is 0 Å². The van der Waals surface area contributed by atoms with Gasteiger partial charge in [0.25, 0.3) is 5.91 Å². The van der Waals surface area contributed by atoms with Crippen LogP contribution in [0.5, 0.6) is 0 Å². The predicted octanol–water partition coefficient (Wildman–Crippen LogP) is 3.66. The van der Waals surface area contributed by atoms with Crippen molar-refractivity contribution in [2.24, 2.45) is 5.92 Å². The van der Waals surface area contributed by atoms with E-state index in [0.717, 1.165) is 31.2 Å². The zero-order valence-electron chi connectivity index (χ0n) is 18.0. The van der Waals surface area contributed by atoms with Crippen molar-refractivity contribution >= 4 is 5.91 Å². The van der Waals surface area contributed by atoms with Gasteiger partial charge in [0.05, 0.1) is 5.56 Å². The third-order valence-corrected chi connectivity index (χ3v) is 7.20. The molecule has 2 saturated heterocycles. The molecule has 5 heteroatoms. The Morgan fingerprint density at radius 3 is 2.62 bits per heavy atom. The Labute approximate surface area is 176 Å². The monoisotopic (exact) mass is 398 g/mol. The minimum Gasteiger partial charge on any atom is -0.337 e. The van der Waals surface area contributed by atoms with Gasteiger partial charge in [-0.15, -0.1) is 0 Å². The smallest absolute Gasteiger partial charge is 0.255 e. The molecule has 0 bridgehead atoms. The number of carbonyl (C=O) groups excluding carboxylic acids is 1. The molecule has 3 aliphatic rings. The summed E-state index contributed by atoms with van der Waals surface area (Å²) in [5, 5.41) is 0. The first-order valence-electron chi connectivity index (χ1n) is 12.0. The third kappa shape index (κ3) is 5.79. The van der Waals surface area contributed by atoms with Crippen LogP contribution in [0, 0.1) is 5.92 Å². The minimum absolute atomic E-state index is 0.160. The van der Waals surface area contributed by atoms with Crippen LogP contribution in [0.1, 0.15) is 68.1 Å². The summed E-state index contributed by atoms with van der Waals surface area (Å²) in [7, 11) is 0. The fourth-order valence-corrected chi connectivity index (χ4v) is 5.55. The van der Waals surface area contributed by atoms with E-state index in [1.54, 1.807) is 12.4 Å². The van der Waals surface area contributed by atoms with Crippen LogP contribution >= 0.6 is 0 Å². The van der Waals surface area contributed by atoms with Gasteiger partial charge in [-0.1, -0.05) is 19.3 Å². The van der Waals surface area contributed by atoms with Gasteiger partial charge in [0, 0.05) is 44.6 Å². The number of likely N-dealkylation sites (tertiary alicyclic amines) is 2. The molecule has 4 rings (SSSR count). The molecule has 0 radical (unpaired) electrons. The lowest BCUT2D eigenvalue weighted by Gasteiger charge is -2.39. The highest BCUT2D eigenvalue weighted by Crippen LogP contribution is 2.28. The lowest BCUT2D eigenvalue weighted by Crippen LogP contribution is -2.47. The third-order valence-electron chi connectivity index (χ3n) is 7.20. The Bertz CT molecular complexity index is 625. The number of aromatic nitrogens is 1. The van der Waals surface area contributed by atoms with Crippen molar-refractivity contribution in [2.75, 3.05) is 45.8 Å². The Morgan fingerprint density at radius 2 is 1.86 bits per heavy atom. The largest absolute Gasteiger partial charge is 0.337 e. The highest BCUT2D eigenvalue weighted by molar-refractivity contribution is 5.93. The van der Waals surface area contributed by atoms with Crippen LogP contribution in [0.3, 0.4) is 0 Å². The lowest BCUT2D eigenvalue weighted by atomic mass is 9.95. The second-order valence-electron chi connectivity index (χ2n) is 9.34. The van der Waals surface area contributed by atoms with E-state index in [9.17, 15) is 4.79 Å². The van der Waals surface area contributed by atoms with Crippen molar-refractivity contribution in [1.82, 2.24) is 19.7 Å². The zero-order chi connectivity index (χ0) is 19.9. The van der Waals surface area contributed by atoms with E-state index in [-0.39, 0.29) is 5.91 Å². The van der Waals surface area contributed by atoms with Crippen LogP contribution in [-0.4, -0.2) is 77.4 Å². The van der Waals surface area contributed by atoms with Gasteiger partial charge >= 0.3 is 0 Å². The fourth-order valence-electron chi connectivity index (χ4n) is 5.55. The normalized spacial score (nSPS) is 24.6. The Balaban J connectivity index is 1.38. The van der Waals surface area contributed by atoms with Crippen LogP contribution < -0.4 is 0 Å². The van der Waals surface area contributed by atoms with E-state index in [4.69, 9.17) is 0 Å². The number of carbonyl (C=O) groups is 1. The molecule has 1 saturated carbocycles. The molecule has 0 N–H and O–H groups in total. The highest BCUT2D eigenvalue weighted by atomic mass is 16.2. The van der Waals surface area contributed by atoms with Gasteiger partial charge in [0.2, 0.25) is 0 Å². The van der Waals surface area contributed by atoms with Gasteiger partial charge in [-0.05, 0) is 76.2 Å². The lowest BCUT2D eigenvalue weighted by molar-refractivity contribution is 0.0609. The number of nitrogens with zero attached hydrogens (tertiary/aromatic N) is 4. The van der Waals surface area contributed by atoms with E-state index in [2.05, 4.69) is 19.7 Å². The van der Waals surface area contributed by atoms with Crippen LogP contribution in [0.15, 0.2) is 24.5 Å². The van der Waals surface area contributed by atoms with Crippen LogP contribution in [0.4, 0.5) is 0 Å². The molecule has 0 aromatic carbocycles. The van der Waals surface area contributed by atoms with Gasteiger partial charge in [-0.2, -0.15) is 0 Å². The summed E-state index contributed by atoms with van der Waals surface area (Å²) < 4.78 is 0. The van der Waals surface area contributed by atoms with Crippen molar-refractivity contribution in [2.45, 2.75) is 63.8 Å². The summed E-state index contributed by atoms with van der Waals surface area (Å²) in [6, 6.07) is 4.58. The van der Waals surface area contributed by atoms with Crippen molar-refractivity contribution in [3.8, 4) is 0 Å². The van der Waals surface area contributed by atoms with Crippen molar-refractivity contribution in [1.29, 1.82) is 0 Å².